The summed E-state index contributed by atoms with van der Waals surface area (Å²) in [7, 11) is 1.76. The monoisotopic (exact) mass is 165 g/mol. The van der Waals surface area contributed by atoms with Gasteiger partial charge in [0.1, 0.15) is 5.69 Å². The van der Waals surface area contributed by atoms with Crippen molar-refractivity contribution in [3.05, 3.63) is 11.9 Å². The van der Waals surface area contributed by atoms with Gasteiger partial charge in [0.25, 0.3) is 0 Å². The van der Waals surface area contributed by atoms with Gasteiger partial charge in [-0.2, -0.15) is 0 Å². The molecule has 0 bridgehead atoms. The van der Waals surface area contributed by atoms with Gasteiger partial charge in [-0.1, -0.05) is 12.1 Å². The third-order valence-corrected chi connectivity index (χ3v) is 2.30. The summed E-state index contributed by atoms with van der Waals surface area (Å²) in [6, 6.07) is 0. The molecule has 1 saturated carbocycles. The van der Waals surface area contributed by atoms with Crippen molar-refractivity contribution in [1.29, 1.82) is 0 Å². The summed E-state index contributed by atoms with van der Waals surface area (Å²) in [6.45, 7) is 2.08. The van der Waals surface area contributed by atoms with E-state index in [1.807, 2.05) is 0 Å². The minimum atomic E-state index is 0.149. The molecular weight excluding hydrogens is 154 g/mol. The first kappa shape index (κ1) is 7.46. The van der Waals surface area contributed by atoms with E-state index in [0.29, 0.717) is 11.6 Å². The molecule has 0 N–H and O–H groups in total. The number of rotatable bonds is 2. The number of Topliss-reactive ketones (excluding diaryl/α,β-unsaturated/α-hetero) is 1. The number of carbonyl (C=O) groups is 1. The number of aryl methyl sites for hydroxylation is 1. The van der Waals surface area contributed by atoms with Crippen LogP contribution in [0.25, 0.3) is 0 Å². The van der Waals surface area contributed by atoms with E-state index in [9.17, 15) is 4.79 Å². The lowest BCUT2D eigenvalue weighted by molar-refractivity contribution is 0.0957. The second kappa shape index (κ2) is 2.40. The van der Waals surface area contributed by atoms with Crippen LogP contribution in [0.4, 0.5) is 0 Å². The van der Waals surface area contributed by atoms with Crippen molar-refractivity contribution >= 4 is 5.78 Å². The number of hydrogen-bond donors (Lipinski definition) is 0. The summed E-state index contributed by atoms with van der Waals surface area (Å²) in [5.41, 5.74) is 0.506. The molecule has 1 aliphatic rings. The quantitative estimate of drug-likeness (QED) is 0.604. The Morgan fingerprint density at radius 2 is 2.42 bits per heavy atom. The molecule has 1 heterocycles. The number of carbonyl (C=O) groups excluding carboxylic acids is 1. The molecule has 1 aliphatic carbocycles. The van der Waals surface area contributed by atoms with Gasteiger partial charge in [0.05, 0.1) is 6.20 Å². The first-order valence-electron chi connectivity index (χ1n) is 4.09. The van der Waals surface area contributed by atoms with E-state index in [0.717, 1.165) is 6.42 Å². The van der Waals surface area contributed by atoms with Crippen molar-refractivity contribution in [3.63, 3.8) is 0 Å². The molecule has 1 aromatic heterocycles. The molecule has 1 aromatic rings. The SMILES string of the molecule is CC1CC1C(=O)c1cn(C)nn1. The standard InChI is InChI=1S/C8H11N3O/c1-5-3-6(5)8(12)7-4-11(2)10-9-7/h4-6H,3H2,1-2H3. The van der Waals surface area contributed by atoms with Crippen molar-refractivity contribution in [1.82, 2.24) is 15.0 Å². The average molecular weight is 165 g/mol. The maximum Gasteiger partial charge on any atom is 0.188 e. The van der Waals surface area contributed by atoms with Gasteiger partial charge in [-0.3, -0.25) is 9.48 Å². The molecule has 0 spiro atoms. The van der Waals surface area contributed by atoms with Crippen LogP contribution in [0.2, 0.25) is 0 Å². The summed E-state index contributed by atoms with van der Waals surface area (Å²) in [4.78, 5) is 11.5. The Kier molecular flexibility index (Phi) is 1.49. The fourth-order valence-electron chi connectivity index (χ4n) is 1.34. The molecule has 0 saturated heterocycles. The van der Waals surface area contributed by atoms with E-state index < -0.39 is 0 Å². The van der Waals surface area contributed by atoms with Crippen LogP contribution in [0.5, 0.6) is 0 Å². The molecule has 0 amide bonds. The van der Waals surface area contributed by atoms with Gasteiger partial charge in [0.15, 0.2) is 5.78 Å². The number of hydrogen-bond acceptors (Lipinski definition) is 3. The third-order valence-electron chi connectivity index (χ3n) is 2.30. The highest BCUT2D eigenvalue weighted by Crippen LogP contribution is 2.39. The average Bonchev–Trinajstić information content (AvgIpc) is 2.58. The predicted molar refractivity (Wildman–Crippen MR) is 42.6 cm³/mol. The fraction of sp³-hybridized carbons (Fsp3) is 0.625. The third kappa shape index (κ3) is 1.13. The normalized spacial score (nSPS) is 27.2. The zero-order valence-corrected chi connectivity index (χ0v) is 7.19. The van der Waals surface area contributed by atoms with Crippen LogP contribution in [-0.4, -0.2) is 20.8 Å². The number of ketones is 1. The summed E-state index contributed by atoms with van der Waals surface area (Å²) in [5.74, 6) is 0.900. The second-order valence-electron chi connectivity index (χ2n) is 3.46. The summed E-state index contributed by atoms with van der Waals surface area (Å²) >= 11 is 0. The topological polar surface area (TPSA) is 47.8 Å². The first-order valence-corrected chi connectivity index (χ1v) is 4.09. The molecule has 2 atom stereocenters. The molecule has 1 fully saturated rings. The van der Waals surface area contributed by atoms with Crippen LogP contribution < -0.4 is 0 Å². The molecule has 0 aliphatic heterocycles. The first-order chi connectivity index (χ1) is 5.68. The highest BCUT2D eigenvalue weighted by molar-refractivity contribution is 5.97. The van der Waals surface area contributed by atoms with Crippen LogP contribution in [0.3, 0.4) is 0 Å². The Balaban J connectivity index is 2.15. The van der Waals surface area contributed by atoms with Crippen molar-refractivity contribution < 1.29 is 4.79 Å². The summed E-state index contributed by atoms with van der Waals surface area (Å²) in [6.07, 6.45) is 2.68. The highest BCUT2D eigenvalue weighted by atomic mass is 16.1. The molecule has 12 heavy (non-hydrogen) atoms. The smallest absolute Gasteiger partial charge is 0.188 e. The lowest BCUT2D eigenvalue weighted by Gasteiger charge is -1.89. The Labute approximate surface area is 70.6 Å². The minimum Gasteiger partial charge on any atom is -0.292 e. The highest BCUT2D eigenvalue weighted by Gasteiger charge is 2.40. The van der Waals surface area contributed by atoms with Gasteiger partial charge < -0.3 is 0 Å². The van der Waals surface area contributed by atoms with E-state index in [4.69, 9.17) is 0 Å². The van der Waals surface area contributed by atoms with Crippen molar-refractivity contribution in [2.24, 2.45) is 18.9 Å². The van der Waals surface area contributed by atoms with Crippen LogP contribution in [0.15, 0.2) is 6.20 Å². The van der Waals surface area contributed by atoms with Gasteiger partial charge in [-0.05, 0) is 12.3 Å². The van der Waals surface area contributed by atoms with E-state index in [1.54, 1.807) is 17.9 Å². The van der Waals surface area contributed by atoms with Crippen LogP contribution >= 0.6 is 0 Å². The maximum atomic E-state index is 11.5. The molecule has 64 valence electrons. The summed E-state index contributed by atoms with van der Waals surface area (Å²) in [5, 5.41) is 7.49. The lowest BCUT2D eigenvalue weighted by Crippen LogP contribution is -2.03. The molecule has 0 radical (unpaired) electrons. The van der Waals surface area contributed by atoms with Gasteiger partial charge in [0, 0.05) is 13.0 Å². The zero-order chi connectivity index (χ0) is 8.72. The number of aromatic nitrogens is 3. The molecular formula is C8H11N3O. The van der Waals surface area contributed by atoms with Gasteiger partial charge in [-0.15, -0.1) is 5.10 Å². The fourth-order valence-corrected chi connectivity index (χ4v) is 1.34. The maximum absolute atomic E-state index is 11.5. The number of nitrogens with zero attached hydrogens (tertiary/aromatic N) is 3. The molecule has 2 unspecified atom stereocenters. The van der Waals surface area contributed by atoms with Crippen LogP contribution in [0.1, 0.15) is 23.8 Å². The Hall–Kier alpha value is -1.19. The minimum absolute atomic E-state index is 0.149. The van der Waals surface area contributed by atoms with Gasteiger partial charge in [0.2, 0.25) is 0 Å². The van der Waals surface area contributed by atoms with Crippen molar-refractivity contribution in [2.75, 3.05) is 0 Å². The van der Waals surface area contributed by atoms with Gasteiger partial charge in [-0.25, -0.2) is 0 Å². The Morgan fingerprint density at radius 3 is 2.83 bits per heavy atom. The zero-order valence-electron chi connectivity index (χ0n) is 7.19. The molecule has 0 aromatic carbocycles. The second-order valence-corrected chi connectivity index (χ2v) is 3.46. The van der Waals surface area contributed by atoms with Gasteiger partial charge >= 0.3 is 0 Å². The van der Waals surface area contributed by atoms with Crippen molar-refractivity contribution in [2.45, 2.75) is 13.3 Å². The van der Waals surface area contributed by atoms with Crippen LogP contribution in [-0.2, 0) is 7.05 Å². The van der Waals surface area contributed by atoms with E-state index in [1.165, 1.54) is 0 Å². The van der Waals surface area contributed by atoms with E-state index in [2.05, 4.69) is 17.2 Å². The van der Waals surface area contributed by atoms with Crippen molar-refractivity contribution in [3.8, 4) is 0 Å². The Morgan fingerprint density at radius 1 is 1.75 bits per heavy atom. The van der Waals surface area contributed by atoms with E-state index >= 15 is 0 Å². The van der Waals surface area contributed by atoms with E-state index in [-0.39, 0.29) is 11.7 Å². The predicted octanol–water partition coefficient (Wildman–Crippen LogP) is 0.654. The largest absolute Gasteiger partial charge is 0.292 e. The lowest BCUT2D eigenvalue weighted by atomic mass is 10.2. The van der Waals surface area contributed by atoms with Crippen LogP contribution in [0, 0.1) is 11.8 Å². The summed E-state index contributed by atoms with van der Waals surface area (Å²) < 4.78 is 1.56. The molecule has 4 nitrogen and oxygen atoms in total. The molecule has 4 heteroatoms. The Bertz CT molecular complexity index is 318. The molecule has 2 rings (SSSR count).